The molecule has 2 aromatic rings. The lowest BCUT2D eigenvalue weighted by Gasteiger charge is -2.31. The number of ether oxygens (including phenoxy) is 1. The molecule has 9 heteroatoms. The van der Waals surface area contributed by atoms with Crippen molar-refractivity contribution < 1.29 is 17.9 Å². The zero-order valence-electron chi connectivity index (χ0n) is 17.4. The summed E-state index contributed by atoms with van der Waals surface area (Å²) in [6.45, 7) is 5.30. The number of amides is 1. The number of sulfonamides is 1. The predicted octanol–water partition coefficient (Wildman–Crippen LogP) is 1.03. The molecule has 1 N–H and O–H groups in total. The Morgan fingerprint density at radius 3 is 2.80 bits per heavy atom. The SMILES string of the molecule is Cn1ccc2cc(S(=O)(=O)N3CCC[C@H](C(=O)NCCN4CCOCC4)C3)ccc21. The second-order valence-corrected chi connectivity index (χ2v) is 10.0. The summed E-state index contributed by atoms with van der Waals surface area (Å²) in [6.07, 6.45) is 3.32. The van der Waals surface area contributed by atoms with Crippen molar-refractivity contribution in [3.05, 3.63) is 30.5 Å². The van der Waals surface area contributed by atoms with Gasteiger partial charge in [0.05, 0.1) is 24.0 Å². The highest BCUT2D eigenvalue weighted by atomic mass is 32.2. The number of morpholine rings is 1. The third-order valence-electron chi connectivity index (χ3n) is 6.08. The van der Waals surface area contributed by atoms with Crippen LogP contribution in [0, 0.1) is 5.92 Å². The van der Waals surface area contributed by atoms with E-state index >= 15 is 0 Å². The van der Waals surface area contributed by atoms with E-state index in [1.165, 1.54) is 4.31 Å². The number of nitrogens with one attached hydrogen (secondary N) is 1. The molecule has 1 aromatic heterocycles. The Morgan fingerprint density at radius 1 is 1.20 bits per heavy atom. The molecule has 30 heavy (non-hydrogen) atoms. The molecule has 0 bridgehead atoms. The fourth-order valence-electron chi connectivity index (χ4n) is 4.25. The Kier molecular flexibility index (Phi) is 6.43. The van der Waals surface area contributed by atoms with Crippen molar-refractivity contribution >= 4 is 26.8 Å². The van der Waals surface area contributed by atoms with Crippen LogP contribution in [-0.2, 0) is 26.6 Å². The molecule has 2 aliphatic heterocycles. The zero-order valence-corrected chi connectivity index (χ0v) is 18.2. The van der Waals surface area contributed by atoms with Gasteiger partial charge >= 0.3 is 0 Å². The fourth-order valence-corrected chi connectivity index (χ4v) is 5.81. The molecule has 0 radical (unpaired) electrons. The number of hydrogen-bond acceptors (Lipinski definition) is 5. The van der Waals surface area contributed by atoms with Crippen LogP contribution in [0.25, 0.3) is 10.9 Å². The first-order valence-corrected chi connectivity index (χ1v) is 12.0. The van der Waals surface area contributed by atoms with Crippen LogP contribution < -0.4 is 5.32 Å². The van der Waals surface area contributed by atoms with E-state index in [-0.39, 0.29) is 23.3 Å². The second kappa shape index (κ2) is 9.05. The van der Waals surface area contributed by atoms with E-state index < -0.39 is 10.0 Å². The molecule has 164 valence electrons. The van der Waals surface area contributed by atoms with Gasteiger partial charge in [0.15, 0.2) is 0 Å². The highest BCUT2D eigenvalue weighted by Crippen LogP contribution is 2.26. The number of aryl methyl sites for hydroxylation is 1. The molecule has 2 aliphatic rings. The summed E-state index contributed by atoms with van der Waals surface area (Å²) in [7, 11) is -1.69. The Morgan fingerprint density at radius 2 is 2.00 bits per heavy atom. The van der Waals surface area contributed by atoms with E-state index in [2.05, 4.69) is 10.2 Å². The highest BCUT2D eigenvalue weighted by Gasteiger charge is 2.33. The average molecular weight is 435 g/mol. The summed E-state index contributed by atoms with van der Waals surface area (Å²) in [5.74, 6) is -0.361. The smallest absolute Gasteiger partial charge is 0.243 e. The number of piperidine rings is 1. The largest absolute Gasteiger partial charge is 0.379 e. The molecule has 0 spiro atoms. The molecular formula is C21H30N4O4S. The number of nitrogens with zero attached hydrogens (tertiary/aromatic N) is 3. The molecule has 1 aromatic carbocycles. The summed E-state index contributed by atoms with van der Waals surface area (Å²) < 4.78 is 35.2. The first-order chi connectivity index (χ1) is 14.4. The van der Waals surface area contributed by atoms with Crippen molar-refractivity contribution in [3.63, 3.8) is 0 Å². The fraction of sp³-hybridized carbons (Fsp3) is 0.571. The Bertz CT molecular complexity index is 998. The first-order valence-electron chi connectivity index (χ1n) is 10.6. The van der Waals surface area contributed by atoms with Gasteiger partial charge in [-0.25, -0.2) is 8.42 Å². The normalized spacial score (nSPS) is 21.7. The van der Waals surface area contributed by atoms with Crippen molar-refractivity contribution in [2.45, 2.75) is 17.7 Å². The van der Waals surface area contributed by atoms with Gasteiger partial charge in [0.2, 0.25) is 15.9 Å². The third-order valence-corrected chi connectivity index (χ3v) is 7.94. The minimum absolute atomic E-state index is 0.0540. The molecule has 3 heterocycles. The number of carbonyl (C=O) groups excluding carboxylic acids is 1. The number of fused-ring (bicyclic) bond motifs is 1. The molecule has 2 saturated heterocycles. The topological polar surface area (TPSA) is 83.9 Å². The van der Waals surface area contributed by atoms with Gasteiger partial charge in [-0.2, -0.15) is 4.31 Å². The molecule has 1 amide bonds. The van der Waals surface area contributed by atoms with Crippen LogP contribution >= 0.6 is 0 Å². The minimum Gasteiger partial charge on any atom is -0.379 e. The van der Waals surface area contributed by atoms with E-state index in [4.69, 9.17) is 4.74 Å². The Balaban J connectivity index is 1.37. The molecule has 0 saturated carbocycles. The second-order valence-electron chi connectivity index (χ2n) is 8.09. The van der Waals surface area contributed by atoms with Crippen molar-refractivity contribution in [1.82, 2.24) is 19.1 Å². The lowest BCUT2D eigenvalue weighted by Crippen LogP contribution is -2.47. The molecule has 0 unspecified atom stereocenters. The van der Waals surface area contributed by atoms with Crippen molar-refractivity contribution in [1.29, 1.82) is 0 Å². The maximum absolute atomic E-state index is 13.2. The molecule has 2 fully saturated rings. The quantitative estimate of drug-likeness (QED) is 0.734. The first kappa shape index (κ1) is 21.3. The lowest BCUT2D eigenvalue weighted by molar-refractivity contribution is -0.126. The average Bonchev–Trinajstić information content (AvgIpc) is 3.15. The van der Waals surface area contributed by atoms with Crippen molar-refractivity contribution in [2.24, 2.45) is 13.0 Å². The molecule has 1 atom stereocenters. The summed E-state index contributed by atoms with van der Waals surface area (Å²) >= 11 is 0. The van der Waals surface area contributed by atoms with E-state index in [1.54, 1.807) is 12.1 Å². The number of hydrogen-bond donors (Lipinski definition) is 1. The molecule has 8 nitrogen and oxygen atoms in total. The van der Waals surface area contributed by atoms with E-state index in [1.807, 2.05) is 29.9 Å². The third kappa shape index (κ3) is 4.54. The molecule has 4 rings (SSSR count). The monoisotopic (exact) mass is 434 g/mol. The van der Waals surface area contributed by atoms with Crippen LogP contribution in [0.15, 0.2) is 35.4 Å². The molecular weight excluding hydrogens is 404 g/mol. The van der Waals surface area contributed by atoms with Gasteiger partial charge in [0, 0.05) is 63.4 Å². The standard InChI is InChI=1S/C21H30N4O4S/c1-23-9-6-17-15-19(4-5-20(17)23)30(27,28)25-8-2-3-18(16-25)21(26)22-7-10-24-11-13-29-14-12-24/h4-6,9,15,18H,2-3,7-8,10-14,16H2,1H3,(H,22,26)/t18-/m0/s1. The van der Waals surface area contributed by atoms with E-state index in [9.17, 15) is 13.2 Å². The van der Waals surface area contributed by atoms with Crippen molar-refractivity contribution in [3.8, 4) is 0 Å². The summed E-state index contributed by atoms with van der Waals surface area (Å²) in [4.78, 5) is 15.2. The van der Waals surface area contributed by atoms with Gasteiger partial charge in [-0.3, -0.25) is 9.69 Å². The van der Waals surface area contributed by atoms with Crippen LogP contribution in [-0.4, -0.2) is 80.6 Å². The lowest BCUT2D eigenvalue weighted by atomic mass is 9.99. The maximum Gasteiger partial charge on any atom is 0.243 e. The van der Waals surface area contributed by atoms with Crippen LogP contribution in [0.5, 0.6) is 0 Å². The predicted molar refractivity (Wildman–Crippen MR) is 115 cm³/mol. The van der Waals surface area contributed by atoms with Gasteiger partial charge in [-0.1, -0.05) is 0 Å². The summed E-state index contributed by atoms with van der Waals surface area (Å²) in [5.41, 5.74) is 0.991. The Hall–Kier alpha value is -1.94. The van der Waals surface area contributed by atoms with Crippen LogP contribution in [0.4, 0.5) is 0 Å². The van der Waals surface area contributed by atoms with Crippen LogP contribution in [0.2, 0.25) is 0 Å². The number of benzene rings is 1. The van der Waals surface area contributed by atoms with Crippen LogP contribution in [0.3, 0.4) is 0 Å². The maximum atomic E-state index is 13.2. The van der Waals surface area contributed by atoms with Gasteiger partial charge < -0.3 is 14.6 Å². The van der Waals surface area contributed by atoms with E-state index in [0.29, 0.717) is 25.9 Å². The Labute approximate surface area is 177 Å². The van der Waals surface area contributed by atoms with Crippen LogP contribution in [0.1, 0.15) is 12.8 Å². The van der Waals surface area contributed by atoms with Crippen molar-refractivity contribution in [2.75, 3.05) is 52.5 Å². The van der Waals surface area contributed by atoms with Gasteiger partial charge in [-0.15, -0.1) is 0 Å². The van der Waals surface area contributed by atoms with Gasteiger partial charge in [-0.05, 0) is 37.1 Å². The number of carbonyl (C=O) groups is 1. The zero-order chi connectivity index (χ0) is 21.1. The summed E-state index contributed by atoms with van der Waals surface area (Å²) in [5, 5.41) is 3.89. The molecule has 0 aliphatic carbocycles. The minimum atomic E-state index is -3.63. The van der Waals surface area contributed by atoms with Gasteiger partial charge in [0.25, 0.3) is 0 Å². The number of rotatable bonds is 6. The highest BCUT2D eigenvalue weighted by molar-refractivity contribution is 7.89. The number of aromatic nitrogens is 1. The summed E-state index contributed by atoms with van der Waals surface area (Å²) in [6, 6.07) is 7.12. The van der Waals surface area contributed by atoms with E-state index in [0.717, 1.165) is 43.8 Å². The van der Waals surface area contributed by atoms with Gasteiger partial charge in [0.1, 0.15) is 0 Å².